The molecule has 0 spiro atoms. The van der Waals surface area contributed by atoms with Gasteiger partial charge in [0.1, 0.15) is 0 Å². The lowest BCUT2D eigenvalue weighted by atomic mass is 9.98. The second-order valence-electron chi connectivity index (χ2n) is 11.4. The van der Waals surface area contributed by atoms with Gasteiger partial charge < -0.3 is 0 Å². The van der Waals surface area contributed by atoms with Gasteiger partial charge in [0.05, 0.1) is 21.9 Å². The first kappa shape index (κ1) is 31.2. The minimum atomic E-state index is -3.96. The molecule has 228 valence electrons. The summed E-state index contributed by atoms with van der Waals surface area (Å²) in [6.45, 7) is 3.84. The van der Waals surface area contributed by atoms with Crippen LogP contribution in [0.3, 0.4) is 0 Å². The average Bonchev–Trinajstić information content (AvgIpc) is 3.64. The molecular weight excluding hydrogens is 724 g/mol. The van der Waals surface area contributed by atoms with Gasteiger partial charge in [-0.15, -0.1) is 0 Å². The zero-order valence-corrected chi connectivity index (χ0v) is 29.1. The maximum Gasteiger partial charge on any atom is 0.264 e. The van der Waals surface area contributed by atoms with E-state index in [4.69, 9.17) is 0 Å². The van der Waals surface area contributed by atoms with Crippen molar-refractivity contribution in [3.8, 4) is 0 Å². The quantitative estimate of drug-likeness (QED) is 0.190. The van der Waals surface area contributed by atoms with Gasteiger partial charge in [-0.1, -0.05) is 104 Å². The fraction of sp³-hybridized carbons (Fsp3) is 0.235. The average molecular weight is 757 g/mol. The summed E-state index contributed by atoms with van der Waals surface area (Å²) in [7, 11) is -7.92. The van der Waals surface area contributed by atoms with Crippen molar-refractivity contribution >= 4 is 51.9 Å². The monoisotopic (exact) mass is 754 g/mol. The topological polar surface area (TPSA) is 74.8 Å². The summed E-state index contributed by atoms with van der Waals surface area (Å²) in [4.78, 5) is 0.413. The van der Waals surface area contributed by atoms with E-state index in [1.165, 1.54) is 4.31 Å². The minimum Gasteiger partial charge on any atom is -0.265 e. The fourth-order valence-corrected chi connectivity index (χ4v) is 10.7. The summed E-state index contributed by atoms with van der Waals surface area (Å²) < 4.78 is 62.0. The van der Waals surface area contributed by atoms with Crippen molar-refractivity contribution in [3.63, 3.8) is 0 Å². The smallest absolute Gasteiger partial charge is 0.264 e. The summed E-state index contributed by atoms with van der Waals surface area (Å²) in [5, 5.41) is 0. The predicted octanol–water partition coefficient (Wildman–Crippen LogP) is 8.44. The molecule has 0 radical (unpaired) electrons. The molecule has 0 aromatic heterocycles. The Morgan fingerprint density at radius 3 is 1.57 bits per heavy atom. The number of nitrogens with zero attached hydrogens (tertiary/aromatic N) is 2. The number of sulfonamides is 2. The molecule has 0 aliphatic carbocycles. The van der Waals surface area contributed by atoms with Crippen LogP contribution in [0.2, 0.25) is 0 Å². The summed E-state index contributed by atoms with van der Waals surface area (Å²) in [6, 6.07) is 27.6. The van der Waals surface area contributed by atoms with Crippen LogP contribution in [0, 0.1) is 13.8 Å². The minimum absolute atomic E-state index is 0.194. The van der Waals surface area contributed by atoms with Crippen LogP contribution in [-0.2, 0) is 20.0 Å². The van der Waals surface area contributed by atoms with E-state index >= 15 is 0 Å². The first-order valence-electron chi connectivity index (χ1n) is 14.4. The Morgan fingerprint density at radius 1 is 0.591 bits per heavy atom. The van der Waals surface area contributed by atoms with Gasteiger partial charge in [0, 0.05) is 21.2 Å². The maximum atomic E-state index is 14.5. The highest BCUT2D eigenvalue weighted by Crippen LogP contribution is 2.50. The molecule has 10 heteroatoms. The second-order valence-corrected chi connectivity index (χ2v) is 16.8. The van der Waals surface area contributed by atoms with Crippen molar-refractivity contribution in [2.24, 2.45) is 0 Å². The van der Waals surface area contributed by atoms with Gasteiger partial charge in [0.15, 0.2) is 0 Å². The van der Waals surface area contributed by atoms with Crippen molar-refractivity contribution in [2.75, 3.05) is 0 Å². The molecule has 6 rings (SSSR count). The van der Waals surface area contributed by atoms with Gasteiger partial charge in [0.25, 0.3) is 10.0 Å². The van der Waals surface area contributed by atoms with Crippen molar-refractivity contribution < 1.29 is 16.8 Å². The molecule has 0 unspecified atom stereocenters. The Bertz CT molecular complexity index is 1940. The molecule has 4 aromatic carbocycles. The summed E-state index contributed by atoms with van der Waals surface area (Å²) in [5.74, 6) is 0. The molecule has 3 atom stereocenters. The van der Waals surface area contributed by atoms with Crippen molar-refractivity contribution in [2.45, 2.75) is 61.0 Å². The van der Waals surface area contributed by atoms with E-state index in [-0.39, 0.29) is 9.79 Å². The van der Waals surface area contributed by atoms with Crippen molar-refractivity contribution in [3.05, 3.63) is 140 Å². The van der Waals surface area contributed by atoms with Gasteiger partial charge in [-0.3, -0.25) is 4.31 Å². The first-order chi connectivity index (χ1) is 21.0. The molecule has 0 bridgehead atoms. The van der Waals surface area contributed by atoms with Crippen molar-refractivity contribution in [1.82, 2.24) is 8.61 Å². The van der Waals surface area contributed by atoms with Crippen LogP contribution in [-0.4, -0.2) is 31.5 Å². The largest absolute Gasteiger partial charge is 0.265 e. The van der Waals surface area contributed by atoms with Crippen LogP contribution in [0.15, 0.2) is 128 Å². The van der Waals surface area contributed by atoms with Crippen LogP contribution in [0.1, 0.15) is 53.6 Å². The third kappa shape index (κ3) is 5.71. The van der Waals surface area contributed by atoms with E-state index in [1.54, 1.807) is 59.0 Å². The molecule has 1 fully saturated rings. The molecule has 44 heavy (non-hydrogen) atoms. The Labute approximate surface area is 276 Å². The Kier molecular flexibility index (Phi) is 8.67. The molecule has 4 aromatic rings. The highest BCUT2D eigenvalue weighted by atomic mass is 79.9. The van der Waals surface area contributed by atoms with Gasteiger partial charge in [-0.05, 0) is 86.2 Å². The highest BCUT2D eigenvalue weighted by Gasteiger charge is 2.48. The number of hydrogen-bond donors (Lipinski definition) is 0. The van der Waals surface area contributed by atoms with Gasteiger partial charge >= 0.3 is 0 Å². The number of rotatable bonds is 7. The SMILES string of the molecule is Cc1ccc(S(=O)(=O)N2C=C([C@H]3CC[C@@H](c4ccccc4Br)N3S(=O)(=O)c3ccc(C)cc3)C[C@H]2c2ccccc2Br)cc1. The van der Waals surface area contributed by atoms with Crippen LogP contribution in [0.4, 0.5) is 0 Å². The lowest BCUT2D eigenvalue weighted by molar-refractivity contribution is 0.345. The second kappa shape index (κ2) is 12.2. The third-order valence-corrected chi connectivity index (χ3v) is 13.7. The standard InChI is InChI=1S/C34H32Br2N2O4S2/c1-23-11-15-26(16-12-23)43(39,40)37-22-25(21-34(37)29-8-4-6-10-31(29)36)32-19-20-33(28-7-3-5-9-30(28)35)38(32)44(41,42)27-17-13-24(2)14-18-27/h3-18,22,32-34H,19-21H2,1-2H3/t32-,33+,34+/m1/s1. The number of halogens is 2. The van der Waals surface area contributed by atoms with Crippen LogP contribution >= 0.6 is 31.9 Å². The molecule has 2 heterocycles. The van der Waals surface area contributed by atoms with E-state index < -0.39 is 38.2 Å². The van der Waals surface area contributed by atoms with Crippen LogP contribution in [0.5, 0.6) is 0 Å². The van der Waals surface area contributed by atoms with E-state index in [0.717, 1.165) is 36.8 Å². The van der Waals surface area contributed by atoms with Crippen molar-refractivity contribution in [1.29, 1.82) is 0 Å². The molecule has 2 aliphatic rings. The number of hydrogen-bond acceptors (Lipinski definition) is 4. The zero-order chi connectivity index (χ0) is 31.2. The van der Waals surface area contributed by atoms with Gasteiger partial charge in [-0.25, -0.2) is 16.8 Å². The molecule has 0 saturated carbocycles. The summed E-state index contributed by atoms with van der Waals surface area (Å²) >= 11 is 7.30. The summed E-state index contributed by atoms with van der Waals surface area (Å²) in [6.07, 6.45) is 3.20. The normalized spacial score (nSPS) is 21.0. The number of benzene rings is 4. The Hall–Kier alpha value is -2.76. The third-order valence-electron chi connectivity index (χ3n) is 8.51. The zero-order valence-electron chi connectivity index (χ0n) is 24.3. The highest BCUT2D eigenvalue weighted by molar-refractivity contribution is 9.10. The van der Waals surface area contributed by atoms with Gasteiger partial charge in [-0.2, -0.15) is 4.31 Å². The molecular formula is C34H32Br2N2O4S2. The molecule has 0 amide bonds. The van der Waals surface area contributed by atoms with E-state index in [1.807, 2.05) is 62.4 Å². The first-order valence-corrected chi connectivity index (χ1v) is 18.8. The van der Waals surface area contributed by atoms with E-state index in [0.29, 0.717) is 19.3 Å². The molecule has 1 saturated heterocycles. The van der Waals surface area contributed by atoms with Crippen LogP contribution < -0.4 is 0 Å². The summed E-state index contributed by atoms with van der Waals surface area (Å²) in [5.41, 5.74) is 4.41. The fourth-order valence-electron chi connectivity index (χ4n) is 6.24. The Balaban J connectivity index is 1.48. The van der Waals surface area contributed by atoms with E-state index in [9.17, 15) is 16.8 Å². The molecule has 0 N–H and O–H groups in total. The predicted molar refractivity (Wildman–Crippen MR) is 180 cm³/mol. The lowest BCUT2D eigenvalue weighted by Crippen LogP contribution is -2.38. The maximum absolute atomic E-state index is 14.5. The number of aryl methyl sites for hydroxylation is 2. The van der Waals surface area contributed by atoms with Crippen LogP contribution in [0.25, 0.3) is 0 Å². The van der Waals surface area contributed by atoms with Gasteiger partial charge in [0.2, 0.25) is 10.0 Å². The molecule has 2 aliphatic heterocycles. The molecule has 6 nitrogen and oxygen atoms in total. The lowest BCUT2D eigenvalue weighted by Gasteiger charge is -2.31. The van der Waals surface area contributed by atoms with E-state index in [2.05, 4.69) is 31.9 Å². The Morgan fingerprint density at radius 2 is 1.05 bits per heavy atom.